The molecule has 0 fully saturated rings. The first-order valence-electron chi connectivity index (χ1n) is 6.18. The molecule has 0 amide bonds. The summed E-state index contributed by atoms with van der Waals surface area (Å²) in [4.78, 5) is 11.5. The number of rotatable bonds is 4. The zero-order valence-electron chi connectivity index (χ0n) is 11.0. The molecule has 2 aromatic rings. The van der Waals surface area contributed by atoms with Gasteiger partial charge in [0.05, 0.1) is 7.11 Å². The molecule has 4 heteroatoms. The Labute approximate surface area is 117 Å². The van der Waals surface area contributed by atoms with Crippen molar-refractivity contribution in [1.82, 2.24) is 4.57 Å². The van der Waals surface area contributed by atoms with E-state index in [4.69, 9.17) is 16.3 Å². The molecule has 0 unspecified atom stereocenters. The fourth-order valence-corrected chi connectivity index (χ4v) is 2.29. The molecular weight excluding hydrogens is 262 g/mol. The number of carbonyl (C=O) groups is 1. The Morgan fingerprint density at radius 2 is 2.21 bits per heavy atom. The predicted octanol–water partition coefficient (Wildman–Crippen LogP) is 3.80. The molecule has 0 N–H and O–H groups in total. The molecule has 0 saturated heterocycles. The maximum Gasteiger partial charge on any atom is 0.333 e. The summed E-state index contributed by atoms with van der Waals surface area (Å²) in [7, 11) is 1.40. The number of fused-ring (bicyclic) bond motifs is 1. The molecule has 1 heterocycles. The van der Waals surface area contributed by atoms with E-state index in [9.17, 15) is 4.79 Å². The molecule has 0 aliphatic heterocycles. The number of hydrogen-bond donors (Lipinski definition) is 0. The van der Waals surface area contributed by atoms with Crippen LogP contribution in [0.3, 0.4) is 0 Å². The first kappa shape index (κ1) is 13.7. The number of methoxy groups -OCH3 is 1. The molecule has 3 nitrogen and oxygen atoms in total. The molecule has 19 heavy (non-hydrogen) atoms. The molecule has 100 valence electrons. The number of aromatic nitrogens is 1. The van der Waals surface area contributed by atoms with Crippen LogP contribution in [0.15, 0.2) is 42.1 Å². The second kappa shape index (κ2) is 5.93. The minimum atomic E-state index is -0.267. The van der Waals surface area contributed by atoms with Crippen molar-refractivity contribution in [2.45, 2.75) is 19.9 Å². The van der Waals surface area contributed by atoms with E-state index in [1.807, 2.05) is 43.5 Å². The predicted molar refractivity (Wildman–Crippen MR) is 77.3 cm³/mol. The molecule has 0 spiro atoms. The Morgan fingerprint density at radius 1 is 1.42 bits per heavy atom. The van der Waals surface area contributed by atoms with Crippen LogP contribution in [0.2, 0.25) is 5.02 Å². The maximum absolute atomic E-state index is 11.5. The van der Waals surface area contributed by atoms with Gasteiger partial charge in [-0.25, -0.2) is 4.79 Å². The zero-order valence-corrected chi connectivity index (χ0v) is 11.8. The van der Waals surface area contributed by atoms with E-state index in [1.54, 1.807) is 0 Å². The van der Waals surface area contributed by atoms with Gasteiger partial charge in [-0.3, -0.25) is 0 Å². The van der Waals surface area contributed by atoms with E-state index in [1.165, 1.54) is 7.11 Å². The molecule has 1 aromatic carbocycles. The van der Waals surface area contributed by atoms with Gasteiger partial charge in [0, 0.05) is 34.2 Å². The lowest BCUT2D eigenvalue weighted by atomic mass is 10.2. The van der Waals surface area contributed by atoms with Crippen molar-refractivity contribution in [2.75, 3.05) is 7.11 Å². The van der Waals surface area contributed by atoms with Crippen LogP contribution in [0.4, 0.5) is 0 Å². The molecular formula is C15H16ClNO2. The third kappa shape index (κ3) is 2.82. The van der Waals surface area contributed by atoms with E-state index < -0.39 is 0 Å². The van der Waals surface area contributed by atoms with Crippen molar-refractivity contribution in [3.8, 4) is 0 Å². The van der Waals surface area contributed by atoms with Crippen molar-refractivity contribution in [3.63, 3.8) is 0 Å². The molecule has 2 rings (SSSR count). The van der Waals surface area contributed by atoms with Crippen molar-refractivity contribution in [1.29, 1.82) is 0 Å². The highest BCUT2D eigenvalue weighted by Crippen LogP contribution is 2.24. The fraction of sp³-hybridized carbons (Fsp3) is 0.267. The Kier molecular flexibility index (Phi) is 4.27. The highest BCUT2D eigenvalue weighted by molar-refractivity contribution is 6.35. The molecule has 0 atom stereocenters. The second-order valence-electron chi connectivity index (χ2n) is 4.22. The number of esters is 1. The van der Waals surface area contributed by atoms with Crippen LogP contribution in [-0.2, 0) is 16.1 Å². The van der Waals surface area contributed by atoms with Crippen LogP contribution in [0.5, 0.6) is 0 Å². The SMILES string of the molecule is CCC(=CCn1ccc2c(Cl)cccc21)C(=O)OC. The fourth-order valence-electron chi connectivity index (χ4n) is 2.06. The lowest BCUT2D eigenvalue weighted by molar-refractivity contribution is -0.136. The van der Waals surface area contributed by atoms with Gasteiger partial charge in [0.15, 0.2) is 0 Å². The Balaban J connectivity index is 2.29. The Hall–Kier alpha value is -1.74. The quantitative estimate of drug-likeness (QED) is 0.629. The summed E-state index contributed by atoms with van der Waals surface area (Å²) in [5.41, 5.74) is 1.75. The number of carbonyl (C=O) groups excluding carboxylic acids is 1. The molecule has 1 aromatic heterocycles. The summed E-state index contributed by atoms with van der Waals surface area (Å²) in [5, 5.41) is 1.76. The average Bonchev–Trinajstić information content (AvgIpc) is 2.84. The van der Waals surface area contributed by atoms with E-state index in [0.29, 0.717) is 18.5 Å². The number of halogens is 1. The van der Waals surface area contributed by atoms with Gasteiger partial charge in [-0.15, -0.1) is 0 Å². The van der Waals surface area contributed by atoms with Crippen LogP contribution < -0.4 is 0 Å². The lowest BCUT2D eigenvalue weighted by Crippen LogP contribution is -2.05. The van der Waals surface area contributed by atoms with Crippen LogP contribution in [0, 0.1) is 0 Å². The van der Waals surface area contributed by atoms with E-state index in [0.717, 1.165) is 15.9 Å². The maximum atomic E-state index is 11.5. The Morgan fingerprint density at radius 3 is 2.89 bits per heavy atom. The second-order valence-corrected chi connectivity index (χ2v) is 4.62. The summed E-state index contributed by atoms with van der Waals surface area (Å²) in [6, 6.07) is 7.79. The van der Waals surface area contributed by atoms with Crippen molar-refractivity contribution >= 4 is 28.5 Å². The van der Waals surface area contributed by atoms with Gasteiger partial charge < -0.3 is 9.30 Å². The summed E-state index contributed by atoms with van der Waals surface area (Å²) >= 11 is 6.13. The van der Waals surface area contributed by atoms with Gasteiger partial charge in [-0.2, -0.15) is 0 Å². The number of benzene rings is 1. The molecule has 0 radical (unpaired) electrons. The topological polar surface area (TPSA) is 31.2 Å². The highest BCUT2D eigenvalue weighted by Gasteiger charge is 2.07. The molecule has 0 aliphatic carbocycles. The number of nitrogens with zero attached hydrogens (tertiary/aromatic N) is 1. The smallest absolute Gasteiger partial charge is 0.333 e. The van der Waals surface area contributed by atoms with Gasteiger partial charge in [0.25, 0.3) is 0 Å². The summed E-state index contributed by atoms with van der Waals surface area (Å²) in [6.45, 7) is 2.56. The minimum Gasteiger partial charge on any atom is -0.466 e. The van der Waals surface area contributed by atoms with Crippen LogP contribution >= 0.6 is 11.6 Å². The minimum absolute atomic E-state index is 0.267. The van der Waals surface area contributed by atoms with Gasteiger partial charge in [-0.1, -0.05) is 30.7 Å². The van der Waals surface area contributed by atoms with Crippen LogP contribution in [0.25, 0.3) is 10.9 Å². The van der Waals surface area contributed by atoms with Gasteiger partial charge in [0.1, 0.15) is 0 Å². The van der Waals surface area contributed by atoms with Crippen molar-refractivity contribution in [2.24, 2.45) is 0 Å². The molecule has 0 saturated carbocycles. The summed E-state index contributed by atoms with van der Waals surface area (Å²) in [5.74, 6) is -0.267. The number of allylic oxidation sites excluding steroid dienone is 1. The molecule has 0 aliphatic rings. The normalized spacial score (nSPS) is 11.8. The molecule has 0 bridgehead atoms. The zero-order chi connectivity index (χ0) is 13.8. The number of ether oxygens (including phenoxy) is 1. The third-order valence-electron chi connectivity index (χ3n) is 3.12. The third-order valence-corrected chi connectivity index (χ3v) is 3.45. The van der Waals surface area contributed by atoms with Crippen molar-refractivity contribution in [3.05, 3.63) is 47.1 Å². The van der Waals surface area contributed by atoms with Crippen molar-refractivity contribution < 1.29 is 9.53 Å². The average molecular weight is 278 g/mol. The Bertz CT molecular complexity index is 628. The lowest BCUT2D eigenvalue weighted by Gasteiger charge is -2.05. The van der Waals surface area contributed by atoms with E-state index in [2.05, 4.69) is 4.57 Å². The van der Waals surface area contributed by atoms with E-state index in [-0.39, 0.29) is 5.97 Å². The first-order valence-corrected chi connectivity index (χ1v) is 6.56. The van der Waals surface area contributed by atoms with E-state index >= 15 is 0 Å². The highest BCUT2D eigenvalue weighted by atomic mass is 35.5. The van der Waals surface area contributed by atoms with Gasteiger partial charge in [-0.05, 0) is 24.6 Å². The standard InChI is InChI=1S/C15H16ClNO2/c1-3-11(15(18)19-2)7-9-17-10-8-12-13(16)5-4-6-14(12)17/h4-8,10H,3,9H2,1-2H3. The van der Waals surface area contributed by atoms with Crippen LogP contribution in [-0.4, -0.2) is 17.6 Å². The number of hydrogen-bond acceptors (Lipinski definition) is 2. The monoisotopic (exact) mass is 277 g/mol. The summed E-state index contributed by atoms with van der Waals surface area (Å²) < 4.78 is 6.80. The van der Waals surface area contributed by atoms with Gasteiger partial charge >= 0.3 is 5.97 Å². The largest absolute Gasteiger partial charge is 0.466 e. The summed E-state index contributed by atoms with van der Waals surface area (Å²) in [6.07, 6.45) is 4.52. The van der Waals surface area contributed by atoms with Crippen LogP contribution in [0.1, 0.15) is 13.3 Å². The van der Waals surface area contributed by atoms with Gasteiger partial charge in [0.2, 0.25) is 0 Å². The first-order chi connectivity index (χ1) is 9.17.